The molecule has 0 fully saturated rings. The molecular formula is C16H18FNO2. The fraction of sp³-hybridized carbons (Fsp3) is 0.250. The van der Waals surface area contributed by atoms with Crippen LogP contribution in [0.4, 0.5) is 10.1 Å². The summed E-state index contributed by atoms with van der Waals surface area (Å²) in [5, 5.41) is 0. The molecule has 106 valence electrons. The molecule has 2 N–H and O–H groups in total. The molecule has 0 aliphatic rings. The maximum atomic E-state index is 12.9. The summed E-state index contributed by atoms with van der Waals surface area (Å²) in [5.74, 6) is 1.21. The Labute approximate surface area is 118 Å². The van der Waals surface area contributed by atoms with E-state index in [1.54, 1.807) is 12.1 Å². The number of halogens is 1. The van der Waals surface area contributed by atoms with Crippen LogP contribution < -0.4 is 15.2 Å². The van der Waals surface area contributed by atoms with Gasteiger partial charge in [-0.25, -0.2) is 4.39 Å². The van der Waals surface area contributed by atoms with Crippen molar-refractivity contribution in [2.75, 3.05) is 18.9 Å². The van der Waals surface area contributed by atoms with Crippen molar-refractivity contribution < 1.29 is 13.9 Å². The van der Waals surface area contributed by atoms with Gasteiger partial charge in [-0.1, -0.05) is 6.07 Å². The maximum absolute atomic E-state index is 12.9. The van der Waals surface area contributed by atoms with Crippen LogP contribution in [0.1, 0.15) is 12.0 Å². The van der Waals surface area contributed by atoms with E-state index >= 15 is 0 Å². The number of anilines is 1. The molecule has 0 aromatic heterocycles. The van der Waals surface area contributed by atoms with E-state index in [0.29, 0.717) is 24.7 Å². The summed E-state index contributed by atoms with van der Waals surface area (Å²) in [7, 11) is 0. The number of nitrogens with two attached hydrogens (primary N) is 1. The lowest BCUT2D eigenvalue weighted by Crippen LogP contribution is -2.05. The molecule has 0 unspecified atom stereocenters. The number of hydrogen-bond acceptors (Lipinski definition) is 3. The van der Waals surface area contributed by atoms with Gasteiger partial charge in [-0.3, -0.25) is 0 Å². The van der Waals surface area contributed by atoms with Crippen LogP contribution in [-0.4, -0.2) is 13.2 Å². The second-order valence-corrected chi connectivity index (χ2v) is 4.53. The first-order valence-corrected chi connectivity index (χ1v) is 6.52. The molecule has 0 bridgehead atoms. The van der Waals surface area contributed by atoms with Crippen LogP contribution in [-0.2, 0) is 0 Å². The molecular weight excluding hydrogens is 257 g/mol. The van der Waals surface area contributed by atoms with E-state index in [4.69, 9.17) is 15.2 Å². The molecule has 0 heterocycles. The number of hydrogen-bond donors (Lipinski definition) is 1. The normalized spacial score (nSPS) is 10.3. The van der Waals surface area contributed by atoms with Crippen LogP contribution in [0, 0.1) is 12.7 Å². The molecule has 0 spiro atoms. The Morgan fingerprint density at radius 2 is 1.85 bits per heavy atom. The Kier molecular flexibility index (Phi) is 4.82. The summed E-state index contributed by atoms with van der Waals surface area (Å²) >= 11 is 0. The molecule has 0 aliphatic carbocycles. The SMILES string of the molecule is Cc1cc(F)ccc1OCCCOc1cccc(N)c1. The van der Waals surface area contributed by atoms with E-state index < -0.39 is 0 Å². The maximum Gasteiger partial charge on any atom is 0.123 e. The minimum Gasteiger partial charge on any atom is -0.493 e. The summed E-state index contributed by atoms with van der Waals surface area (Å²) in [4.78, 5) is 0. The van der Waals surface area contributed by atoms with Gasteiger partial charge in [-0.05, 0) is 42.8 Å². The highest BCUT2D eigenvalue weighted by atomic mass is 19.1. The van der Waals surface area contributed by atoms with Gasteiger partial charge in [0.05, 0.1) is 13.2 Å². The van der Waals surface area contributed by atoms with Crippen molar-refractivity contribution in [3.05, 3.63) is 53.8 Å². The fourth-order valence-electron chi connectivity index (χ4n) is 1.81. The fourth-order valence-corrected chi connectivity index (χ4v) is 1.81. The second-order valence-electron chi connectivity index (χ2n) is 4.53. The Hall–Kier alpha value is -2.23. The Balaban J connectivity index is 1.71. The Bertz CT molecular complexity index is 572. The first-order valence-electron chi connectivity index (χ1n) is 6.52. The van der Waals surface area contributed by atoms with Gasteiger partial charge in [0.15, 0.2) is 0 Å². The number of ether oxygens (including phenoxy) is 2. The van der Waals surface area contributed by atoms with Gasteiger partial charge in [0.1, 0.15) is 17.3 Å². The molecule has 0 amide bonds. The molecule has 20 heavy (non-hydrogen) atoms. The number of rotatable bonds is 6. The van der Waals surface area contributed by atoms with Crippen molar-refractivity contribution in [1.82, 2.24) is 0 Å². The van der Waals surface area contributed by atoms with E-state index in [-0.39, 0.29) is 5.82 Å². The number of aryl methyl sites for hydroxylation is 1. The highest BCUT2D eigenvalue weighted by Gasteiger charge is 2.01. The number of benzene rings is 2. The highest BCUT2D eigenvalue weighted by Crippen LogP contribution is 2.18. The monoisotopic (exact) mass is 275 g/mol. The molecule has 0 atom stereocenters. The lowest BCUT2D eigenvalue weighted by Gasteiger charge is -2.10. The van der Waals surface area contributed by atoms with Crippen LogP contribution in [0.3, 0.4) is 0 Å². The molecule has 2 aromatic carbocycles. The Morgan fingerprint density at radius 3 is 2.60 bits per heavy atom. The van der Waals surface area contributed by atoms with Gasteiger partial charge in [0, 0.05) is 18.2 Å². The van der Waals surface area contributed by atoms with Crippen molar-refractivity contribution in [3.63, 3.8) is 0 Å². The molecule has 3 nitrogen and oxygen atoms in total. The van der Waals surface area contributed by atoms with Gasteiger partial charge >= 0.3 is 0 Å². The van der Waals surface area contributed by atoms with E-state index in [9.17, 15) is 4.39 Å². The van der Waals surface area contributed by atoms with Gasteiger partial charge in [-0.15, -0.1) is 0 Å². The second kappa shape index (κ2) is 6.80. The highest BCUT2D eigenvalue weighted by molar-refractivity contribution is 5.43. The van der Waals surface area contributed by atoms with E-state index in [0.717, 1.165) is 17.7 Å². The lowest BCUT2D eigenvalue weighted by atomic mass is 10.2. The van der Waals surface area contributed by atoms with E-state index in [1.807, 2.05) is 25.1 Å². The quantitative estimate of drug-likeness (QED) is 0.647. The predicted molar refractivity (Wildman–Crippen MR) is 77.6 cm³/mol. The smallest absolute Gasteiger partial charge is 0.123 e. The van der Waals surface area contributed by atoms with Gasteiger partial charge in [-0.2, -0.15) is 0 Å². The zero-order valence-electron chi connectivity index (χ0n) is 11.4. The molecule has 0 saturated heterocycles. The zero-order valence-corrected chi connectivity index (χ0v) is 11.4. The largest absolute Gasteiger partial charge is 0.493 e. The van der Waals surface area contributed by atoms with Crippen LogP contribution in [0.25, 0.3) is 0 Å². The van der Waals surface area contributed by atoms with Crippen molar-refractivity contribution in [2.45, 2.75) is 13.3 Å². The molecule has 2 aromatic rings. The average Bonchev–Trinajstić information content (AvgIpc) is 2.41. The first kappa shape index (κ1) is 14.2. The van der Waals surface area contributed by atoms with E-state index in [2.05, 4.69) is 0 Å². The minimum atomic E-state index is -0.250. The van der Waals surface area contributed by atoms with Crippen molar-refractivity contribution in [1.29, 1.82) is 0 Å². The van der Waals surface area contributed by atoms with Crippen molar-refractivity contribution in [2.24, 2.45) is 0 Å². The third kappa shape index (κ3) is 4.16. The van der Waals surface area contributed by atoms with E-state index in [1.165, 1.54) is 12.1 Å². The molecule has 4 heteroatoms. The van der Waals surface area contributed by atoms with Crippen LogP contribution >= 0.6 is 0 Å². The zero-order chi connectivity index (χ0) is 14.4. The third-order valence-electron chi connectivity index (χ3n) is 2.81. The summed E-state index contributed by atoms with van der Waals surface area (Å²) in [6.45, 7) is 2.89. The number of nitrogen functional groups attached to an aromatic ring is 1. The predicted octanol–water partition coefficient (Wildman–Crippen LogP) is 3.56. The van der Waals surface area contributed by atoms with Gasteiger partial charge < -0.3 is 15.2 Å². The van der Waals surface area contributed by atoms with Crippen LogP contribution in [0.2, 0.25) is 0 Å². The summed E-state index contributed by atoms with van der Waals surface area (Å²) in [5.41, 5.74) is 7.13. The molecule has 0 radical (unpaired) electrons. The van der Waals surface area contributed by atoms with Gasteiger partial charge in [0.2, 0.25) is 0 Å². The lowest BCUT2D eigenvalue weighted by molar-refractivity contribution is 0.246. The molecule has 2 rings (SSSR count). The third-order valence-corrected chi connectivity index (χ3v) is 2.81. The first-order chi connectivity index (χ1) is 9.65. The Morgan fingerprint density at radius 1 is 1.05 bits per heavy atom. The topological polar surface area (TPSA) is 44.5 Å². The standard InChI is InChI=1S/C16H18FNO2/c1-12-10-13(17)6-7-16(12)20-9-3-8-19-15-5-2-4-14(18)11-15/h2,4-7,10-11H,3,8-9,18H2,1H3. The van der Waals surface area contributed by atoms with Crippen molar-refractivity contribution >= 4 is 5.69 Å². The molecule has 0 saturated carbocycles. The summed E-state index contributed by atoms with van der Waals surface area (Å²) in [6, 6.07) is 11.8. The summed E-state index contributed by atoms with van der Waals surface area (Å²) in [6.07, 6.45) is 0.742. The van der Waals surface area contributed by atoms with Crippen LogP contribution in [0.5, 0.6) is 11.5 Å². The van der Waals surface area contributed by atoms with Crippen molar-refractivity contribution in [3.8, 4) is 11.5 Å². The summed E-state index contributed by atoms with van der Waals surface area (Å²) < 4.78 is 24.1. The average molecular weight is 275 g/mol. The minimum absolute atomic E-state index is 0.250. The van der Waals surface area contributed by atoms with Crippen LogP contribution in [0.15, 0.2) is 42.5 Å². The molecule has 0 aliphatic heterocycles. The van der Waals surface area contributed by atoms with Gasteiger partial charge in [0.25, 0.3) is 0 Å².